The van der Waals surface area contributed by atoms with E-state index in [2.05, 4.69) is 10.1 Å². The number of esters is 1. The van der Waals surface area contributed by atoms with Gasteiger partial charge >= 0.3 is 13.7 Å². The Balaban J connectivity index is 1.90. The first-order valence-corrected chi connectivity index (χ1v) is 13.3. The number of nitrogens with zero attached hydrogens (tertiary/aromatic N) is 1. The van der Waals surface area contributed by atoms with Crippen molar-refractivity contribution in [1.82, 2.24) is 14.6 Å². The molecule has 11 nitrogen and oxygen atoms in total. The lowest BCUT2D eigenvalue weighted by Gasteiger charge is -2.25. The average molecular weight is 544 g/mol. The maximum atomic E-state index is 13.8. The number of aryl methyl sites for hydroxylation is 1. The Morgan fingerprint density at radius 3 is 2.67 bits per heavy atom. The number of aromatic nitrogens is 2. The minimum absolute atomic E-state index is 0.0176. The Hall–Kier alpha value is -2.34. The fraction of sp³-hybridized carbons (Fsp3) is 0.522. The number of hydrogen-bond acceptors (Lipinski definition) is 9. The van der Waals surface area contributed by atoms with E-state index in [1.807, 2.05) is 0 Å². The topological polar surface area (TPSA) is 141 Å². The molecule has 1 aromatic carbocycles. The number of aliphatic hydroxyl groups excluding tert-OH is 1. The van der Waals surface area contributed by atoms with E-state index < -0.39 is 56.8 Å². The molecule has 1 aromatic heterocycles. The maximum absolute atomic E-state index is 13.8. The Labute approximate surface area is 217 Å². The highest BCUT2D eigenvalue weighted by molar-refractivity contribution is 7.71. The van der Waals surface area contributed by atoms with Crippen molar-refractivity contribution in [3.8, 4) is 5.75 Å². The van der Waals surface area contributed by atoms with E-state index in [0.29, 0.717) is 5.56 Å². The molecule has 0 saturated carbocycles. The molecule has 0 radical (unpaired) electrons. The molecule has 3 N–H and O–H groups in total. The molecule has 0 amide bonds. The van der Waals surface area contributed by atoms with E-state index in [1.165, 1.54) is 29.8 Å². The minimum atomic E-state index is -4.62. The second kappa shape index (κ2) is 11.8. The van der Waals surface area contributed by atoms with Crippen molar-refractivity contribution in [1.29, 1.82) is 0 Å². The Kier molecular flexibility index (Phi) is 8.30. The predicted octanol–water partition coefficient (Wildman–Crippen LogP) is 3.24. The summed E-state index contributed by atoms with van der Waals surface area (Å²) in [5.41, 5.74) is -0.0540. The van der Waals surface area contributed by atoms with Gasteiger partial charge < -0.3 is 19.1 Å². The molecule has 1 unspecified atom stereocenters. The summed E-state index contributed by atoms with van der Waals surface area (Å²) in [7, 11) is -4.62. The van der Waals surface area contributed by atoms with Crippen molar-refractivity contribution in [2.24, 2.45) is 5.92 Å². The van der Waals surface area contributed by atoms with Crippen LogP contribution in [0, 0.1) is 17.6 Å². The number of ether oxygens (including phenoxy) is 2. The molecular weight excluding hydrogens is 509 g/mol. The number of rotatable bonds is 10. The molecule has 13 heteroatoms. The number of para-hydroxylation sites is 1. The molecule has 1 fully saturated rings. The molecule has 0 bridgehead atoms. The van der Waals surface area contributed by atoms with Gasteiger partial charge in [0.05, 0.1) is 21.5 Å². The Morgan fingerprint density at radius 2 is 2.03 bits per heavy atom. The normalized spacial score (nSPS) is 25.5. The van der Waals surface area contributed by atoms with Crippen LogP contribution in [0.3, 0.4) is 0 Å². The maximum Gasteiger partial charge on any atom is 0.459 e. The highest BCUT2D eigenvalue weighted by Crippen LogP contribution is 2.46. The zero-order valence-electron chi connectivity index (χ0n) is 22.5. The van der Waals surface area contributed by atoms with Crippen molar-refractivity contribution in [3.05, 3.63) is 57.2 Å². The zero-order valence-corrected chi connectivity index (χ0v) is 22.2. The summed E-state index contributed by atoms with van der Waals surface area (Å²) in [6.07, 6.45) is -3.06. The molecule has 2 aromatic rings. The van der Waals surface area contributed by atoms with E-state index in [0.717, 1.165) is 0 Å². The third-order valence-electron chi connectivity index (χ3n) is 5.32. The quantitative estimate of drug-likeness (QED) is 0.232. The number of nitrogens with one attached hydrogen (secondary N) is 2. The number of carbonyl (C=O) groups excluding carboxylic acids is 1. The van der Waals surface area contributed by atoms with Crippen LogP contribution >= 0.6 is 20.0 Å². The van der Waals surface area contributed by atoms with Crippen LogP contribution in [0.5, 0.6) is 5.75 Å². The molecule has 2 heterocycles. The average Bonchev–Trinajstić information content (AvgIpc) is 3.11. The molecule has 1 saturated heterocycles. The predicted molar refractivity (Wildman–Crippen MR) is 134 cm³/mol. The van der Waals surface area contributed by atoms with Crippen LogP contribution in [0.25, 0.3) is 0 Å². The van der Waals surface area contributed by atoms with Crippen molar-refractivity contribution in [3.63, 3.8) is 0 Å². The number of hydrogen-bond donors (Lipinski definition) is 3. The number of aliphatic hydroxyl groups is 1. The lowest BCUT2D eigenvalue weighted by Crippen LogP contribution is -2.37. The monoisotopic (exact) mass is 543 g/mol. The van der Waals surface area contributed by atoms with Crippen LogP contribution in [0.4, 0.5) is 0 Å². The first kappa shape index (κ1) is 25.3. The van der Waals surface area contributed by atoms with Crippen LogP contribution in [-0.4, -0.2) is 51.5 Å². The van der Waals surface area contributed by atoms with E-state index in [4.69, 9.17) is 33.5 Å². The highest BCUT2D eigenvalue weighted by atomic mass is 32.1. The summed E-state index contributed by atoms with van der Waals surface area (Å²) in [4.78, 5) is 26.8. The standard InChI is InChI=1S/C23H32N3O8PS/c1-13(2)32-22(29)16(5)25-35(30,34-17-9-7-6-8-10-17)31-12-18-19(27)15(4)21(33-18)26-11-14(3)20(28)24-23(26)36/h6-11,13,15-16,18-19,21,27H,12H2,1-5H3,(H,25,30)(H,24,28,36)/t15-,16+,18+,19?,21+,35-/m1/s1/i12D2. The fourth-order valence-electron chi connectivity index (χ4n) is 3.43. The van der Waals surface area contributed by atoms with E-state index in [-0.39, 0.29) is 16.1 Å². The molecule has 0 aliphatic carbocycles. The number of benzene rings is 1. The van der Waals surface area contributed by atoms with Crippen LogP contribution in [-0.2, 0) is 23.4 Å². The Morgan fingerprint density at radius 1 is 1.36 bits per heavy atom. The zero-order chi connectivity index (χ0) is 28.4. The first-order valence-electron chi connectivity index (χ1n) is 12.3. The Bertz CT molecular complexity index is 1310. The van der Waals surface area contributed by atoms with E-state index in [9.17, 15) is 19.3 Å². The summed E-state index contributed by atoms with van der Waals surface area (Å²) < 4.78 is 54.3. The third kappa shape index (κ3) is 6.90. The number of carbonyl (C=O) groups is 1. The summed E-state index contributed by atoms with van der Waals surface area (Å²) in [6, 6.07) is 6.66. The van der Waals surface area contributed by atoms with Gasteiger partial charge in [-0.3, -0.25) is 23.7 Å². The molecule has 0 spiro atoms. The lowest BCUT2D eigenvalue weighted by molar-refractivity contribution is -0.149. The van der Waals surface area contributed by atoms with Crippen molar-refractivity contribution >= 4 is 25.9 Å². The first-order chi connectivity index (χ1) is 17.6. The number of aromatic amines is 1. The lowest BCUT2D eigenvalue weighted by atomic mass is 10.0. The summed E-state index contributed by atoms with van der Waals surface area (Å²) in [5.74, 6) is -1.38. The largest absolute Gasteiger partial charge is 0.462 e. The van der Waals surface area contributed by atoms with Crippen molar-refractivity contribution in [2.75, 3.05) is 6.56 Å². The van der Waals surface area contributed by atoms with Crippen LogP contribution < -0.4 is 15.2 Å². The second-order valence-electron chi connectivity index (χ2n) is 8.72. The molecule has 3 rings (SSSR count). The third-order valence-corrected chi connectivity index (χ3v) is 7.13. The van der Waals surface area contributed by atoms with Gasteiger partial charge in [0.2, 0.25) is 0 Å². The van der Waals surface area contributed by atoms with Gasteiger partial charge in [0.15, 0.2) is 4.77 Å². The van der Waals surface area contributed by atoms with Gasteiger partial charge in [0, 0.05) is 17.7 Å². The summed E-state index contributed by atoms with van der Waals surface area (Å²) in [6.45, 7) is 4.94. The van der Waals surface area contributed by atoms with Gasteiger partial charge in [0.25, 0.3) is 5.56 Å². The molecule has 36 heavy (non-hydrogen) atoms. The van der Waals surface area contributed by atoms with Gasteiger partial charge in [-0.15, -0.1) is 0 Å². The van der Waals surface area contributed by atoms with Gasteiger partial charge in [-0.2, -0.15) is 5.09 Å². The second-order valence-corrected chi connectivity index (χ2v) is 10.7. The summed E-state index contributed by atoms with van der Waals surface area (Å²) in [5, 5.41) is 13.3. The smallest absolute Gasteiger partial charge is 0.459 e. The van der Waals surface area contributed by atoms with Crippen LogP contribution in [0.1, 0.15) is 42.2 Å². The molecule has 1 aliphatic heterocycles. The fourth-order valence-corrected chi connectivity index (χ4v) is 5.04. The SMILES string of the molecule is [2H]C([2H])(O[P@](=O)(N[C@@H](C)C(=O)OC(C)C)Oc1ccccc1)[C@@H]1O[C@H](n2cc(C)c(=O)[nH]c2=S)[C@H](C)C1O. The van der Waals surface area contributed by atoms with Gasteiger partial charge in [-0.25, -0.2) is 4.57 Å². The van der Waals surface area contributed by atoms with Crippen LogP contribution in [0.15, 0.2) is 41.3 Å². The highest BCUT2D eigenvalue weighted by Gasteiger charge is 2.44. The van der Waals surface area contributed by atoms with Crippen molar-refractivity contribution < 1.29 is 35.7 Å². The summed E-state index contributed by atoms with van der Waals surface area (Å²) >= 11 is 5.22. The van der Waals surface area contributed by atoms with Gasteiger partial charge in [-0.1, -0.05) is 25.1 Å². The van der Waals surface area contributed by atoms with E-state index >= 15 is 0 Å². The minimum Gasteiger partial charge on any atom is -0.462 e. The van der Waals surface area contributed by atoms with Gasteiger partial charge in [0.1, 0.15) is 24.1 Å². The molecule has 1 aliphatic rings. The molecular formula is C23H32N3O8PS. The number of H-pyrrole nitrogens is 1. The molecule has 6 atom stereocenters. The molecule has 198 valence electrons. The van der Waals surface area contributed by atoms with E-state index in [1.54, 1.807) is 45.9 Å². The van der Waals surface area contributed by atoms with Crippen molar-refractivity contribution in [2.45, 2.75) is 65.2 Å². The van der Waals surface area contributed by atoms with Crippen LogP contribution in [0.2, 0.25) is 0 Å². The van der Waals surface area contributed by atoms with Gasteiger partial charge in [-0.05, 0) is 52.0 Å².